The van der Waals surface area contributed by atoms with E-state index in [2.05, 4.69) is 5.32 Å². The van der Waals surface area contributed by atoms with Crippen molar-refractivity contribution in [3.63, 3.8) is 0 Å². The molecule has 0 radical (unpaired) electrons. The molecule has 0 aliphatic carbocycles. The molecule has 1 aromatic rings. The fourth-order valence-corrected chi connectivity index (χ4v) is 2.47. The lowest BCUT2D eigenvalue weighted by Crippen LogP contribution is -2.36. The molecule has 0 unspecified atom stereocenters. The first-order valence-corrected chi connectivity index (χ1v) is 8.64. The third-order valence-electron chi connectivity index (χ3n) is 2.03. The van der Waals surface area contributed by atoms with E-state index in [9.17, 15) is 13.2 Å². The number of amides is 1. The largest absolute Gasteiger partial charge is 0.444 e. The van der Waals surface area contributed by atoms with Crippen molar-refractivity contribution in [3.05, 3.63) is 22.4 Å². The van der Waals surface area contributed by atoms with E-state index < -0.39 is 27.9 Å². The van der Waals surface area contributed by atoms with Crippen LogP contribution in [0.1, 0.15) is 31.7 Å². The first kappa shape index (κ1) is 16.9. The predicted molar refractivity (Wildman–Crippen MR) is 77.2 cm³/mol. The van der Waals surface area contributed by atoms with Crippen molar-refractivity contribution in [1.29, 1.82) is 0 Å². The van der Waals surface area contributed by atoms with Crippen molar-refractivity contribution in [2.45, 2.75) is 32.4 Å². The summed E-state index contributed by atoms with van der Waals surface area (Å²) in [6, 6.07) is 3.03. The second-order valence-electron chi connectivity index (χ2n) is 5.20. The van der Waals surface area contributed by atoms with Crippen LogP contribution in [0.5, 0.6) is 0 Å². The molecule has 0 aliphatic rings. The maximum atomic E-state index is 11.8. The number of thiophene rings is 1. The number of alkyl carbamates (subject to hydrolysis) is 1. The van der Waals surface area contributed by atoms with E-state index in [1.807, 2.05) is 11.4 Å². The summed E-state index contributed by atoms with van der Waals surface area (Å²) in [5, 5.41) is 4.44. The zero-order chi connectivity index (χ0) is 15.4. The highest BCUT2D eigenvalue weighted by atomic mass is 32.2. The molecule has 6 nitrogen and oxygen atoms in total. The van der Waals surface area contributed by atoms with Crippen molar-refractivity contribution >= 4 is 27.5 Å². The second-order valence-corrected chi connectivity index (χ2v) is 7.83. The Morgan fingerprint density at radius 3 is 2.55 bits per heavy atom. The van der Waals surface area contributed by atoms with Crippen molar-refractivity contribution in [1.82, 2.24) is 5.32 Å². The molecule has 0 bridgehead atoms. The maximum Gasteiger partial charge on any atom is 0.408 e. The average molecular weight is 321 g/mol. The topological polar surface area (TPSA) is 81.7 Å². The first-order valence-electron chi connectivity index (χ1n) is 5.94. The molecule has 1 aromatic heterocycles. The molecule has 0 aromatic carbocycles. The summed E-state index contributed by atoms with van der Waals surface area (Å²) in [5.41, 5.74) is -0.623. The Kier molecular flexibility index (Phi) is 5.55. The highest BCUT2D eigenvalue weighted by Gasteiger charge is 2.22. The van der Waals surface area contributed by atoms with E-state index in [1.54, 1.807) is 26.8 Å². The molecule has 0 aliphatic heterocycles. The summed E-state index contributed by atoms with van der Waals surface area (Å²) in [4.78, 5) is 12.5. The van der Waals surface area contributed by atoms with Gasteiger partial charge in [0.1, 0.15) is 5.60 Å². The highest BCUT2D eigenvalue weighted by molar-refractivity contribution is 7.85. The van der Waals surface area contributed by atoms with Gasteiger partial charge in [-0.1, -0.05) is 6.07 Å². The van der Waals surface area contributed by atoms with Crippen LogP contribution in [0.3, 0.4) is 0 Å². The minimum absolute atomic E-state index is 0.168. The number of hydrogen-bond donors (Lipinski definition) is 1. The van der Waals surface area contributed by atoms with Gasteiger partial charge in [-0.05, 0) is 32.2 Å². The standard InChI is InChI=1S/C12H19NO5S2/c1-12(2,3)18-11(14)13-9(8-17-20(4,15)16)10-6-5-7-19-10/h5-7,9H,8H2,1-4H3,(H,13,14)/t9-/m0/s1. The SMILES string of the molecule is CC(C)(C)OC(=O)N[C@@H](COS(C)(=O)=O)c1cccs1. The molecule has 0 spiro atoms. The Balaban J connectivity index is 2.71. The summed E-state index contributed by atoms with van der Waals surface area (Å²) in [7, 11) is -3.57. The minimum atomic E-state index is -3.57. The normalized spacial score (nSPS) is 13.8. The van der Waals surface area contributed by atoms with Gasteiger partial charge in [0, 0.05) is 4.88 Å². The van der Waals surface area contributed by atoms with Crippen LogP contribution in [0.25, 0.3) is 0 Å². The van der Waals surface area contributed by atoms with E-state index in [0.29, 0.717) is 0 Å². The molecular weight excluding hydrogens is 302 g/mol. The third kappa shape index (κ3) is 6.88. The lowest BCUT2D eigenvalue weighted by Gasteiger charge is -2.23. The van der Waals surface area contributed by atoms with E-state index in [1.165, 1.54) is 11.3 Å². The van der Waals surface area contributed by atoms with Crippen molar-refractivity contribution in [3.8, 4) is 0 Å². The number of nitrogens with one attached hydrogen (secondary N) is 1. The minimum Gasteiger partial charge on any atom is -0.444 e. The van der Waals surface area contributed by atoms with Crippen LogP contribution in [0.15, 0.2) is 17.5 Å². The Morgan fingerprint density at radius 1 is 1.45 bits per heavy atom. The third-order valence-corrected chi connectivity index (χ3v) is 3.58. The van der Waals surface area contributed by atoms with Crippen molar-refractivity contribution < 1.29 is 22.1 Å². The molecule has 1 N–H and O–H groups in total. The van der Waals surface area contributed by atoms with Crippen LogP contribution in [0.4, 0.5) is 4.79 Å². The summed E-state index contributed by atoms with van der Waals surface area (Å²) in [6.45, 7) is 5.08. The fraction of sp³-hybridized carbons (Fsp3) is 0.583. The smallest absolute Gasteiger partial charge is 0.408 e. The molecule has 1 heterocycles. The highest BCUT2D eigenvalue weighted by Crippen LogP contribution is 2.20. The van der Waals surface area contributed by atoms with E-state index in [4.69, 9.17) is 8.92 Å². The van der Waals surface area contributed by atoms with Gasteiger partial charge in [-0.2, -0.15) is 8.42 Å². The van der Waals surface area contributed by atoms with Gasteiger partial charge >= 0.3 is 6.09 Å². The van der Waals surface area contributed by atoms with Gasteiger partial charge in [-0.25, -0.2) is 4.79 Å². The summed E-state index contributed by atoms with van der Waals surface area (Å²) in [6.07, 6.45) is 0.347. The lowest BCUT2D eigenvalue weighted by molar-refractivity contribution is 0.0488. The van der Waals surface area contributed by atoms with Crippen molar-refractivity contribution in [2.24, 2.45) is 0 Å². The maximum absolute atomic E-state index is 11.8. The Labute approximate surface area is 123 Å². The van der Waals surface area contributed by atoms with Gasteiger partial charge in [0.05, 0.1) is 18.9 Å². The molecular formula is C12H19NO5S2. The first-order chi connectivity index (χ1) is 9.07. The monoisotopic (exact) mass is 321 g/mol. The molecule has 1 atom stereocenters. The molecule has 0 fully saturated rings. The Bertz CT molecular complexity index is 531. The van der Waals surface area contributed by atoms with Crippen LogP contribution in [-0.2, 0) is 19.0 Å². The van der Waals surface area contributed by atoms with E-state index in [-0.39, 0.29) is 6.61 Å². The molecule has 1 rings (SSSR count). The van der Waals surface area contributed by atoms with Gasteiger partial charge in [-0.3, -0.25) is 4.18 Å². The number of ether oxygens (including phenoxy) is 1. The summed E-state index contributed by atoms with van der Waals surface area (Å²) in [5.74, 6) is 0. The number of carbonyl (C=O) groups is 1. The molecule has 0 saturated carbocycles. The van der Waals surface area contributed by atoms with Crippen LogP contribution < -0.4 is 5.32 Å². The van der Waals surface area contributed by atoms with Crippen LogP contribution in [0, 0.1) is 0 Å². The van der Waals surface area contributed by atoms with Crippen LogP contribution in [0.2, 0.25) is 0 Å². The van der Waals surface area contributed by atoms with Gasteiger partial charge in [0.2, 0.25) is 0 Å². The molecule has 114 valence electrons. The summed E-state index contributed by atoms with van der Waals surface area (Å²) >= 11 is 1.40. The van der Waals surface area contributed by atoms with E-state index in [0.717, 1.165) is 11.1 Å². The van der Waals surface area contributed by atoms with Crippen LogP contribution >= 0.6 is 11.3 Å². The van der Waals surface area contributed by atoms with Gasteiger partial charge in [0.15, 0.2) is 0 Å². The lowest BCUT2D eigenvalue weighted by atomic mass is 10.2. The van der Waals surface area contributed by atoms with Gasteiger partial charge < -0.3 is 10.1 Å². The zero-order valence-corrected chi connectivity index (χ0v) is 13.5. The number of hydrogen-bond acceptors (Lipinski definition) is 6. The van der Waals surface area contributed by atoms with Crippen molar-refractivity contribution in [2.75, 3.05) is 12.9 Å². The zero-order valence-electron chi connectivity index (χ0n) is 11.9. The number of rotatable bonds is 5. The summed E-state index contributed by atoms with van der Waals surface area (Å²) < 4.78 is 32.0. The molecule has 1 amide bonds. The molecule has 0 saturated heterocycles. The average Bonchev–Trinajstić information content (AvgIpc) is 2.73. The quantitative estimate of drug-likeness (QED) is 0.842. The second kappa shape index (κ2) is 6.55. The predicted octanol–water partition coefficient (Wildman–Crippen LogP) is 2.29. The molecule has 20 heavy (non-hydrogen) atoms. The van der Waals surface area contributed by atoms with Crippen LogP contribution in [-0.4, -0.2) is 33.0 Å². The fourth-order valence-electron chi connectivity index (χ4n) is 1.33. The Morgan fingerprint density at radius 2 is 2.10 bits per heavy atom. The Hall–Kier alpha value is -1.12. The van der Waals surface area contributed by atoms with E-state index >= 15 is 0 Å². The van der Waals surface area contributed by atoms with Gasteiger partial charge in [0.25, 0.3) is 10.1 Å². The molecule has 8 heteroatoms. The number of carbonyl (C=O) groups excluding carboxylic acids is 1. The van der Waals surface area contributed by atoms with Gasteiger partial charge in [-0.15, -0.1) is 11.3 Å².